The molecule has 2 rings (SSSR count). The topological polar surface area (TPSA) is 60.7 Å². The molecule has 4 unspecified atom stereocenters. The van der Waals surface area contributed by atoms with Gasteiger partial charge in [-0.2, -0.15) is 22.0 Å². The lowest BCUT2D eigenvalue weighted by Gasteiger charge is -2.45. The van der Waals surface area contributed by atoms with Gasteiger partial charge in [-0.25, -0.2) is 0 Å². The quantitative estimate of drug-likeness (QED) is 0.423. The van der Waals surface area contributed by atoms with E-state index in [-0.39, 0.29) is 12.3 Å². The predicted molar refractivity (Wildman–Crippen MR) is 57.6 cm³/mol. The Morgan fingerprint density at radius 2 is 1.50 bits per heavy atom. The third-order valence-corrected chi connectivity index (χ3v) is 4.47. The zero-order valence-electron chi connectivity index (χ0n) is 10.5. The van der Waals surface area contributed by atoms with Crippen LogP contribution in [0.4, 0.5) is 22.0 Å². The van der Waals surface area contributed by atoms with Crippen molar-refractivity contribution >= 4 is 0 Å². The molecule has 3 nitrogen and oxygen atoms in total. The summed E-state index contributed by atoms with van der Waals surface area (Å²) in [5.74, 6) is -12.1. The number of rotatable bonds is 3. The highest BCUT2D eigenvalue weighted by atomic mass is 19.4. The molecule has 0 spiro atoms. The summed E-state index contributed by atoms with van der Waals surface area (Å²) in [6.45, 7) is 0.527. The van der Waals surface area contributed by atoms with E-state index in [1.54, 1.807) is 12.2 Å². The van der Waals surface area contributed by atoms with Crippen LogP contribution in [0.3, 0.4) is 0 Å². The molecule has 4 atom stereocenters. The average Bonchev–Trinajstić information content (AvgIpc) is 2.88. The summed E-state index contributed by atoms with van der Waals surface area (Å²) in [6.07, 6.45) is -2.06. The second kappa shape index (κ2) is 4.14. The van der Waals surface area contributed by atoms with Crippen molar-refractivity contribution in [2.24, 2.45) is 17.8 Å². The van der Waals surface area contributed by atoms with Crippen LogP contribution in [0.15, 0.2) is 12.2 Å². The van der Waals surface area contributed by atoms with E-state index in [0.717, 1.165) is 0 Å². The summed E-state index contributed by atoms with van der Waals surface area (Å²) in [4.78, 5) is 0. The lowest BCUT2D eigenvalue weighted by molar-refractivity contribution is -0.444. The van der Waals surface area contributed by atoms with E-state index < -0.39 is 35.3 Å². The fraction of sp³-hybridized carbons (Fsp3) is 0.833. The monoisotopic (exact) mass is 302 g/mol. The molecule has 0 heterocycles. The SMILES string of the molecule is CC(O)(C1CC2C=CC1C2)C(F)(F)C(O)(O)C(F)(F)F. The van der Waals surface area contributed by atoms with Gasteiger partial charge in [-0.1, -0.05) is 12.2 Å². The molecule has 0 radical (unpaired) electrons. The molecule has 0 amide bonds. The molecule has 8 heteroatoms. The van der Waals surface area contributed by atoms with Gasteiger partial charge in [0.15, 0.2) is 0 Å². The van der Waals surface area contributed by atoms with Crippen LogP contribution in [0.1, 0.15) is 19.8 Å². The highest BCUT2D eigenvalue weighted by molar-refractivity contribution is 5.17. The first-order chi connectivity index (χ1) is 8.82. The Kier molecular flexibility index (Phi) is 3.24. The smallest absolute Gasteiger partial charge is 0.383 e. The van der Waals surface area contributed by atoms with Crippen molar-refractivity contribution in [1.82, 2.24) is 0 Å². The summed E-state index contributed by atoms with van der Waals surface area (Å²) in [7, 11) is 0. The second-order valence-corrected chi connectivity index (χ2v) is 5.78. The van der Waals surface area contributed by atoms with E-state index in [0.29, 0.717) is 13.3 Å². The number of aliphatic hydroxyl groups is 3. The highest BCUT2D eigenvalue weighted by Crippen LogP contribution is 2.55. The molecule has 0 aromatic carbocycles. The van der Waals surface area contributed by atoms with E-state index in [1.807, 2.05) is 0 Å². The minimum atomic E-state index is -5.98. The van der Waals surface area contributed by atoms with Crippen LogP contribution in [-0.4, -0.2) is 38.8 Å². The van der Waals surface area contributed by atoms with Crippen LogP contribution in [0, 0.1) is 17.8 Å². The lowest BCUT2D eigenvalue weighted by Crippen LogP contribution is -2.69. The fourth-order valence-corrected chi connectivity index (χ4v) is 3.19. The Labute approximate surface area is 111 Å². The van der Waals surface area contributed by atoms with Gasteiger partial charge >= 0.3 is 17.9 Å². The van der Waals surface area contributed by atoms with Gasteiger partial charge in [-0.15, -0.1) is 0 Å². The van der Waals surface area contributed by atoms with E-state index in [9.17, 15) is 27.1 Å². The largest absolute Gasteiger partial charge is 0.449 e. The number of halogens is 5. The van der Waals surface area contributed by atoms with E-state index >= 15 is 0 Å². The molecule has 0 aromatic heterocycles. The molecular formula is C12H15F5O3. The van der Waals surface area contributed by atoms with Gasteiger partial charge in [0.05, 0.1) is 0 Å². The van der Waals surface area contributed by atoms with Crippen molar-refractivity contribution in [1.29, 1.82) is 0 Å². The Morgan fingerprint density at radius 1 is 0.950 bits per heavy atom. The van der Waals surface area contributed by atoms with Crippen molar-refractivity contribution in [3.8, 4) is 0 Å². The summed E-state index contributed by atoms with van der Waals surface area (Å²) in [6, 6.07) is 0. The van der Waals surface area contributed by atoms with Crippen molar-refractivity contribution in [2.75, 3.05) is 0 Å². The molecule has 0 aromatic rings. The Bertz CT molecular complexity index is 427. The zero-order chi connectivity index (χ0) is 15.6. The summed E-state index contributed by atoms with van der Waals surface area (Å²) in [5, 5.41) is 27.7. The Hall–Kier alpha value is -0.730. The maximum Gasteiger partial charge on any atom is 0.449 e. The average molecular weight is 302 g/mol. The van der Waals surface area contributed by atoms with E-state index in [2.05, 4.69) is 0 Å². The Morgan fingerprint density at radius 3 is 1.85 bits per heavy atom. The first-order valence-electron chi connectivity index (χ1n) is 6.12. The van der Waals surface area contributed by atoms with Gasteiger partial charge in [-0.3, -0.25) is 0 Å². The summed E-state index contributed by atoms with van der Waals surface area (Å²) < 4.78 is 65.2. The highest BCUT2D eigenvalue weighted by Gasteiger charge is 2.76. The van der Waals surface area contributed by atoms with Crippen LogP contribution >= 0.6 is 0 Å². The van der Waals surface area contributed by atoms with Crippen LogP contribution in [-0.2, 0) is 0 Å². The molecule has 3 N–H and O–H groups in total. The third kappa shape index (κ3) is 1.88. The predicted octanol–water partition coefficient (Wildman–Crippen LogP) is 1.83. The van der Waals surface area contributed by atoms with Crippen LogP contribution in [0.25, 0.3) is 0 Å². The van der Waals surface area contributed by atoms with Crippen LogP contribution in [0.2, 0.25) is 0 Å². The van der Waals surface area contributed by atoms with Gasteiger partial charge in [0, 0.05) is 5.92 Å². The normalized spacial score (nSPS) is 33.5. The number of hydrogen-bond acceptors (Lipinski definition) is 3. The van der Waals surface area contributed by atoms with Crippen LogP contribution in [0.5, 0.6) is 0 Å². The van der Waals surface area contributed by atoms with E-state index in [1.165, 1.54) is 0 Å². The standard InChI is InChI=1S/C12H15F5O3/c1-9(18,8-5-6-2-3-7(8)4-6)10(13,14)11(19,20)12(15,16)17/h2-3,6-8,18-20H,4-5H2,1H3. The van der Waals surface area contributed by atoms with Crippen LogP contribution < -0.4 is 0 Å². The number of hydrogen-bond donors (Lipinski definition) is 3. The molecule has 1 fully saturated rings. The summed E-state index contributed by atoms with van der Waals surface area (Å²) >= 11 is 0. The molecule has 0 aliphatic heterocycles. The minimum absolute atomic E-state index is 0.0649. The number of alkyl halides is 5. The minimum Gasteiger partial charge on any atom is -0.383 e. The third-order valence-electron chi connectivity index (χ3n) is 4.47. The van der Waals surface area contributed by atoms with Gasteiger partial charge in [0.1, 0.15) is 5.60 Å². The van der Waals surface area contributed by atoms with Crippen molar-refractivity contribution in [2.45, 2.75) is 43.3 Å². The maximum absolute atomic E-state index is 14.0. The second-order valence-electron chi connectivity index (χ2n) is 5.78. The maximum atomic E-state index is 14.0. The van der Waals surface area contributed by atoms with Gasteiger partial charge in [-0.05, 0) is 31.6 Å². The lowest BCUT2D eigenvalue weighted by atomic mass is 9.73. The molecule has 20 heavy (non-hydrogen) atoms. The Balaban J connectivity index is 2.35. The molecule has 2 aliphatic rings. The van der Waals surface area contributed by atoms with Crippen molar-refractivity contribution in [3.05, 3.63) is 12.2 Å². The molecular weight excluding hydrogens is 287 g/mol. The van der Waals surface area contributed by atoms with E-state index in [4.69, 9.17) is 10.2 Å². The number of allylic oxidation sites excluding steroid dienone is 2. The molecule has 1 saturated carbocycles. The fourth-order valence-electron chi connectivity index (χ4n) is 3.19. The van der Waals surface area contributed by atoms with Crippen molar-refractivity contribution in [3.63, 3.8) is 0 Å². The summed E-state index contributed by atoms with van der Waals surface area (Å²) in [5.41, 5.74) is -3.18. The molecule has 2 aliphatic carbocycles. The first kappa shape index (κ1) is 15.7. The molecule has 116 valence electrons. The molecule has 0 saturated heterocycles. The van der Waals surface area contributed by atoms with Gasteiger partial charge in [0.25, 0.3) is 0 Å². The zero-order valence-corrected chi connectivity index (χ0v) is 10.5. The first-order valence-corrected chi connectivity index (χ1v) is 6.12. The van der Waals surface area contributed by atoms with Crippen molar-refractivity contribution < 1.29 is 37.3 Å². The van der Waals surface area contributed by atoms with Gasteiger partial charge in [0.2, 0.25) is 0 Å². The molecule has 2 bridgehead atoms. The number of fused-ring (bicyclic) bond motifs is 2. The van der Waals surface area contributed by atoms with Gasteiger partial charge < -0.3 is 15.3 Å².